The van der Waals surface area contributed by atoms with Gasteiger partial charge in [-0.15, -0.1) is 0 Å². The Hall–Kier alpha value is -0.950. The molecule has 0 bridgehead atoms. The maximum Gasteiger partial charge on any atom is 0.219 e. The van der Waals surface area contributed by atoms with Gasteiger partial charge in [-0.1, -0.05) is 18.2 Å². The highest BCUT2D eigenvalue weighted by atomic mass is 32.2. The van der Waals surface area contributed by atoms with E-state index in [-0.39, 0.29) is 19.3 Å². The molecule has 0 unspecified atom stereocenters. The fourth-order valence-electron chi connectivity index (χ4n) is 2.66. The zero-order valence-corrected chi connectivity index (χ0v) is 13.5. The molecule has 2 N–H and O–H groups in total. The molecule has 0 amide bonds. The molecule has 0 aromatic heterocycles. The van der Waals surface area contributed by atoms with Crippen molar-refractivity contribution in [2.24, 2.45) is 0 Å². The third kappa shape index (κ3) is 2.85. The molecular formula is C15H23NO4S. The van der Waals surface area contributed by atoms with Crippen LogP contribution in [0, 0.1) is 0 Å². The molecule has 2 rings (SSSR count). The summed E-state index contributed by atoms with van der Waals surface area (Å²) >= 11 is 0. The van der Waals surface area contributed by atoms with E-state index < -0.39 is 14.8 Å². The van der Waals surface area contributed by atoms with Crippen LogP contribution in [0.4, 0.5) is 0 Å². The van der Waals surface area contributed by atoms with Crippen LogP contribution in [0.15, 0.2) is 18.2 Å². The average molecular weight is 313 g/mol. The minimum atomic E-state index is -3.48. The van der Waals surface area contributed by atoms with E-state index in [2.05, 4.69) is 0 Å². The summed E-state index contributed by atoms with van der Waals surface area (Å²) in [6.07, 6.45) is 0.358. The Bertz CT molecular complexity index is 619. The van der Waals surface area contributed by atoms with E-state index in [1.807, 2.05) is 18.2 Å². The maximum absolute atomic E-state index is 12.8. The van der Waals surface area contributed by atoms with Gasteiger partial charge in [0.15, 0.2) is 0 Å². The van der Waals surface area contributed by atoms with Crippen LogP contribution < -0.4 is 0 Å². The van der Waals surface area contributed by atoms with Gasteiger partial charge in [-0.3, -0.25) is 0 Å². The van der Waals surface area contributed by atoms with Crippen LogP contribution >= 0.6 is 0 Å². The van der Waals surface area contributed by atoms with E-state index >= 15 is 0 Å². The normalized spacial score (nSPS) is 19.8. The molecule has 118 valence electrons. The molecule has 0 radical (unpaired) electrons. The molecule has 1 aliphatic rings. The second-order valence-corrected chi connectivity index (χ2v) is 9.03. The molecule has 1 aliphatic heterocycles. The Balaban J connectivity index is 2.47. The van der Waals surface area contributed by atoms with E-state index in [0.29, 0.717) is 13.0 Å². The highest BCUT2D eigenvalue weighted by Gasteiger charge is 2.43. The van der Waals surface area contributed by atoms with Crippen LogP contribution in [-0.2, 0) is 23.2 Å². The van der Waals surface area contributed by atoms with Crippen molar-refractivity contribution in [2.45, 2.75) is 51.1 Å². The van der Waals surface area contributed by atoms with Crippen LogP contribution in [0.1, 0.15) is 49.9 Å². The molecule has 1 aromatic carbocycles. The van der Waals surface area contributed by atoms with Gasteiger partial charge in [0, 0.05) is 13.2 Å². The second kappa shape index (κ2) is 5.68. The average Bonchev–Trinajstić information content (AvgIpc) is 2.76. The van der Waals surface area contributed by atoms with Crippen LogP contribution in [0.5, 0.6) is 0 Å². The predicted octanol–water partition coefficient (Wildman–Crippen LogP) is 1.55. The van der Waals surface area contributed by atoms with Crippen LogP contribution in [0.2, 0.25) is 0 Å². The number of hydrogen-bond donors (Lipinski definition) is 2. The maximum atomic E-state index is 12.8. The Morgan fingerprint density at radius 1 is 1.29 bits per heavy atom. The molecule has 5 nitrogen and oxygen atoms in total. The fraction of sp³-hybridized carbons (Fsp3) is 0.600. The number of nitrogens with zero attached hydrogens (tertiary/aromatic N) is 1. The summed E-state index contributed by atoms with van der Waals surface area (Å²) < 4.78 is 26.1. The Labute approximate surface area is 126 Å². The SMILES string of the molecule is CC(C)(C)S(=O)(=O)N1Cc2ccc(CO)cc2[C@H]1CCO. The summed E-state index contributed by atoms with van der Waals surface area (Å²) in [6, 6.07) is 5.15. The fourth-order valence-corrected chi connectivity index (χ4v) is 4.22. The van der Waals surface area contributed by atoms with Crippen molar-refractivity contribution >= 4 is 10.0 Å². The molecule has 0 spiro atoms. The van der Waals surface area contributed by atoms with Crippen LogP contribution in [0.25, 0.3) is 0 Å². The van der Waals surface area contributed by atoms with Crippen molar-refractivity contribution in [1.82, 2.24) is 4.31 Å². The Morgan fingerprint density at radius 3 is 2.48 bits per heavy atom. The highest BCUT2D eigenvalue weighted by molar-refractivity contribution is 7.90. The van der Waals surface area contributed by atoms with E-state index in [1.54, 1.807) is 20.8 Å². The smallest absolute Gasteiger partial charge is 0.219 e. The van der Waals surface area contributed by atoms with Crippen molar-refractivity contribution in [3.05, 3.63) is 34.9 Å². The monoisotopic (exact) mass is 313 g/mol. The van der Waals surface area contributed by atoms with Gasteiger partial charge in [-0.25, -0.2) is 8.42 Å². The molecule has 1 heterocycles. The van der Waals surface area contributed by atoms with Gasteiger partial charge in [0.2, 0.25) is 10.0 Å². The predicted molar refractivity (Wildman–Crippen MR) is 81.0 cm³/mol. The van der Waals surface area contributed by atoms with Crippen LogP contribution in [0.3, 0.4) is 0 Å². The van der Waals surface area contributed by atoms with Gasteiger partial charge >= 0.3 is 0 Å². The van der Waals surface area contributed by atoms with Crippen molar-refractivity contribution in [1.29, 1.82) is 0 Å². The molecular weight excluding hydrogens is 290 g/mol. The number of hydrogen-bond acceptors (Lipinski definition) is 4. The molecule has 1 atom stereocenters. The lowest BCUT2D eigenvalue weighted by atomic mass is 10.0. The van der Waals surface area contributed by atoms with E-state index in [4.69, 9.17) is 0 Å². The lowest BCUT2D eigenvalue weighted by Gasteiger charge is -2.31. The lowest BCUT2D eigenvalue weighted by Crippen LogP contribution is -2.42. The quantitative estimate of drug-likeness (QED) is 0.884. The van der Waals surface area contributed by atoms with Crippen LogP contribution in [-0.4, -0.2) is 34.3 Å². The summed E-state index contributed by atoms with van der Waals surface area (Å²) in [6.45, 7) is 5.21. The molecule has 0 saturated carbocycles. The lowest BCUT2D eigenvalue weighted by molar-refractivity contribution is 0.233. The van der Waals surface area contributed by atoms with E-state index in [9.17, 15) is 18.6 Å². The zero-order valence-electron chi connectivity index (χ0n) is 12.7. The summed E-state index contributed by atoms with van der Waals surface area (Å²) in [5.74, 6) is 0. The van der Waals surface area contributed by atoms with Gasteiger partial charge in [0.25, 0.3) is 0 Å². The highest BCUT2D eigenvalue weighted by Crippen LogP contribution is 2.41. The molecule has 6 heteroatoms. The first-order chi connectivity index (χ1) is 9.72. The first-order valence-electron chi connectivity index (χ1n) is 7.07. The minimum Gasteiger partial charge on any atom is -0.396 e. The molecule has 21 heavy (non-hydrogen) atoms. The minimum absolute atomic E-state index is 0.0782. The van der Waals surface area contributed by atoms with Gasteiger partial charge in [0.1, 0.15) is 0 Å². The largest absolute Gasteiger partial charge is 0.396 e. The second-order valence-electron chi connectivity index (χ2n) is 6.38. The molecule has 0 aliphatic carbocycles. The third-order valence-electron chi connectivity index (χ3n) is 3.91. The van der Waals surface area contributed by atoms with E-state index in [0.717, 1.165) is 16.7 Å². The first-order valence-corrected chi connectivity index (χ1v) is 8.51. The number of aliphatic hydroxyl groups is 2. The summed E-state index contributed by atoms with van der Waals surface area (Å²) in [4.78, 5) is 0. The van der Waals surface area contributed by atoms with Crippen molar-refractivity contribution in [2.75, 3.05) is 6.61 Å². The van der Waals surface area contributed by atoms with Crippen molar-refractivity contribution < 1.29 is 18.6 Å². The summed E-state index contributed by atoms with van der Waals surface area (Å²) in [7, 11) is -3.48. The number of sulfonamides is 1. The van der Waals surface area contributed by atoms with Crippen molar-refractivity contribution in [3.8, 4) is 0 Å². The molecule has 0 fully saturated rings. The number of fused-ring (bicyclic) bond motifs is 1. The summed E-state index contributed by atoms with van der Waals surface area (Å²) in [5.41, 5.74) is 2.59. The number of benzene rings is 1. The standard InChI is InChI=1S/C15H23NO4S/c1-15(2,3)21(19,20)16-9-12-5-4-11(10-18)8-13(12)14(16)6-7-17/h4-5,8,14,17-18H,6-7,9-10H2,1-3H3/t14-/m1/s1. The number of rotatable bonds is 4. The first kappa shape index (κ1) is 16.4. The number of aliphatic hydroxyl groups excluding tert-OH is 2. The molecule has 0 saturated heterocycles. The Morgan fingerprint density at radius 2 is 1.95 bits per heavy atom. The zero-order chi connectivity index (χ0) is 15.8. The molecule has 1 aromatic rings. The van der Waals surface area contributed by atoms with E-state index in [1.165, 1.54) is 4.31 Å². The van der Waals surface area contributed by atoms with Gasteiger partial charge < -0.3 is 10.2 Å². The third-order valence-corrected chi connectivity index (χ3v) is 6.46. The van der Waals surface area contributed by atoms with Gasteiger partial charge in [-0.05, 0) is 43.9 Å². The Kier molecular flexibility index (Phi) is 4.44. The summed E-state index contributed by atoms with van der Waals surface area (Å²) in [5, 5.41) is 18.6. The van der Waals surface area contributed by atoms with Gasteiger partial charge in [-0.2, -0.15) is 4.31 Å². The van der Waals surface area contributed by atoms with Crippen molar-refractivity contribution in [3.63, 3.8) is 0 Å². The van der Waals surface area contributed by atoms with Gasteiger partial charge in [0.05, 0.1) is 17.4 Å². The topological polar surface area (TPSA) is 77.8 Å².